The largest absolute Gasteiger partial charge is 0.411 e. The summed E-state index contributed by atoms with van der Waals surface area (Å²) >= 11 is 1.59. The molecule has 1 aromatic rings. The molecule has 0 radical (unpaired) electrons. The zero-order valence-corrected chi connectivity index (χ0v) is 10.4. The van der Waals surface area contributed by atoms with Crippen molar-refractivity contribution in [2.45, 2.75) is 18.9 Å². The van der Waals surface area contributed by atoms with Crippen molar-refractivity contribution in [3.63, 3.8) is 0 Å². The standard InChI is InChI=1S/C12H15N3OS/c1-12(5-6-17-11(13)15-12)10-4-2-3-9(7-10)8-14-16/h2-4,7-8,16H,5-6H2,1H3,(H2,13,15)/b14-8+. The molecule has 3 N–H and O–H groups in total. The van der Waals surface area contributed by atoms with Gasteiger partial charge in [0.15, 0.2) is 5.17 Å². The van der Waals surface area contributed by atoms with E-state index < -0.39 is 0 Å². The second-order valence-electron chi connectivity index (χ2n) is 4.19. The van der Waals surface area contributed by atoms with E-state index in [1.807, 2.05) is 24.3 Å². The molecule has 1 unspecified atom stereocenters. The number of oxime groups is 1. The highest BCUT2D eigenvalue weighted by Crippen LogP contribution is 2.34. The van der Waals surface area contributed by atoms with Gasteiger partial charge in [0.25, 0.3) is 0 Å². The van der Waals surface area contributed by atoms with Gasteiger partial charge in [0.2, 0.25) is 0 Å². The molecule has 1 atom stereocenters. The van der Waals surface area contributed by atoms with Gasteiger partial charge in [0, 0.05) is 5.75 Å². The predicted octanol–water partition coefficient (Wildman–Crippen LogP) is 2.16. The minimum absolute atomic E-state index is 0.269. The number of nitrogens with two attached hydrogens (primary N) is 1. The van der Waals surface area contributed by atoms with Gasteiger partial charge in [-0.2, -0.15) is 0 Å². The number of thioether (sulfide) groups is 1. The van der Waals surface area contributed by atoms with Crippen LogP contribution in [0.3, 0.4) is 0 Å². The average Bonchev–Trinajstić information content (AvgIpc) is 2.29. The van der Waals surface area contributed by atoms with Crippen LogP contribution in [-0.2, 0) is 5.54 Å². The molecule has 90 valence electrons. The fourth-order valence-corrected chi connectivity index (χ4v) is 2.89. The minimum atomic E-state index is -0.269. The quantitative estimate of drug-likeness (QED) is 0.479. The SMILES string of the molecule is CC1(c2cccc(/C=N/O)c2)CCSC(N)=N1. The van der Waals surface area contributed by atoms with Crippen LogP contribution in [0.15, 0.2) is 34.4 Å². The molecule has 0 amide bonds. The number of hydrogen-bond acceptors (Lipinski definition) is 5. The first-order valence-corrected chi connectivity index (χ1v) is 6.39. The first-order chi connectivity index (χ1) is 8.14. The molecule has 2 rings (SSSR count). The van der Waals surface area contributed by atoms with Crippen LogP contribution in [0.4, 0.5) is 0 Å². The Hall–Kier alpha value is -1.49. The predicted molar refractivity (Wildman–Crippen MR) is 71.9 cm³/mol. The van der Waals surface area contributed by atoms with Gasteiger partial charge in [0.05, 0.1) is 11.8 Å². The number of benzene rings is 1. The maximum atomic E-state index is 8.55. The second-order valence-corrected chi connectivity index (χ2v) is 5.31. The normalized spacial score (nSPS) is 24.9. The molecular formula is C12H15N3OS. The van der Waals surface area contributed by atoms with Gasteiger partial charge in [-0.05, 0) is 30.5 Å². The monoisotopic (exact) mass is 249 g/mol. The van der Waals surface area contributed by atoms with Crippen LogP contribution >= 0.6 is 11.8 Å². The highest BCUT2D eigenvalue weighted by Gasteiger charge is 2.29. The van der Waals surface area contributed by atoms with E-state index in [9.17, 15) is 0 Å². The molecule has 1 aliphatic heterocycles. The summed E-state index contributed by atoms with van der Waals surface area (Å²) in [5.74, 6) is 0.976. The Morgan fingerprint density at radius 2 is 2.41 bits per heavy atom. The van der Waals surface area contributed by atoms with Crippen LogP contribution in [0.25, 0.3) is 0 Å². The van der Waals surface area contributed by atoms with E-state index in [0.29, 0.717) is 5.17 Å². The molecule has 0 aromatic heterocycles. The number of amidine groups is 1. The van der Waals surface area contributed by atoms with Crippen molar-refractivity contribution in [1.82, 2.24) is 0 Å². The highest BCUT2D eigenvalue weighted by molar-refractivity contribution is 8.13. The van der Waals surface area contributed by atoms with Crippen LogP contribution in [0.1, 0.15) is 24.5 Å². The van der Waals surface area contributed by atoms with Gasteiger partial charge in [-0.3, -0.25) is 4.99 Å². The molecule has 1 aromatic carbocycles. The lowest BCUT2D eigenvalue weighted by Gasteiger charge is -2.29. The summed E-state index contributed by atoms with van der Waals surface area (Å²) in [5.41, 5.74) is 7.48. The van der Waals surface area contributed by atoms with Crippen molar-refractivity contribution in [2.75, 3.05) is 5.75 Å². The number of hydrogen-bond donors (Lipinski definition) is 2. The summed E-state index contributed by atoms with van der Waals surface area (Å²) in [7, 11) is 0. The van der Waals surface area contributed by atoms with Crippen LogP contribution in [0.2, 0.25) is 0 Å². The Morgan fingerprint density at radius 3 is 3.12 bits per heavy atom. The fourth-order valence-electron chi connectivity index (χ4n) is 1.92. The summed E-state index contributed by atoms with van der Waals surface area (Å²) in [6.07, 6.45) is 2.37. The number of nitrogens with zero attached hydrogens (tertiary/aromatic N) is 2. The lowest BCUT2D eigenvalue weighted by atomic mass is 9.89. The minimum Gasteiger partial charge on any atom is -0.411 e. The maximum absolute atomic E-state index is 8.55. The molecule has 17 heavy (non-hydrogen) atoms. The summed E-state index contributed by atoms with van der Waals surface area (Å²) in [5, 5.41) is 12.2. The van der Waals surface area contributed by atoms with Gasteiger partial charge < -0.3 is 10.9 Å². The smallest absolute Gasteiger partial charge is 0.154 e. The third-order valence-electron chi connectivity index (χ3n) is 2.91. The van der Waals surface area contributed by atoms with Crippen LogP contribution in [0.5, 0.6) is 0 Å². The van der Waals surface area contributed by atoms with E-state index in [4.69, 9.17) is 10.9 Å². The molecule has 0 saturated heterocycles. The average molecular weight is 249 g/mol. The Kier molecular flexibility index (Phi) is 3.38. The van der Waals surface area contributed by atoms with Gasteiger partial charge in [-0.1, -0.05) is 35.1 Å². The van der Waals surface area contributed by atoms with Crippen LogP contribution < -0.4 is 5.73 Å². The fraction of sp³-hybridized carbons (Fsp3) is 0.333. The summed E-state index contributed by atoms with van der Waals surface area (Å²) < 4.78 is 0. The lowest BCUT2D eigenvalue weighted by molar-refractivity contribution is 0.322. The molecule has 0 bridgehead atoms. The molecule has 0 fully saturated rings. The van der Waals surface area contributed by atoms with E-state index in [-0.39, 0.29) is 5.54 Å². The van der Waals surface area contributed by atoms with Gasteiger partial charge in [-0.15, -0.1) is 0 Å². The summed E-state index contributed by atoms with van der Waals surface area (Å²) in [6.45, 7) is 2.08. The van der Waals surface area contributed by atoms with E-state index in [0.717, 1.165) is 23.3 Å². The number of rotatable bonds is 2. The second kappa shape index (κ2) is 4.79. The van der Waals surface area contributed by atoms with Crippen molar-refractivity contribution in [3.8, 4) is 0 Å². The van der Waals surface area contributed by atoms with E-state index in [1.54, 1.807) is 11.8 Å². The molecule has 0 aliphatic carbocycles. The zero-order chi connectivity index (χ0) is 12.3. The number of aliphatic imine (C=N–C) groups is 1. The van der Waals surface area contributed by atoms with Gasteiger partial charge in [0.1, 0.15) is 0 Å². The Morgan fingerprint density at radius 1 is 1.59 bits per heavy atom. The van der Waals surface area contributed by atoms with Gasteiger partial charge >= 0.3 is 0 Å². The van der Waals surface area contributed by atoms with Crippen molar-refractivity contribution < 1.29 is 5.21 Å². The van der Waals surface area contributed by atoms with E-state index in [1.165, 1.54) is 6.21 Å². The van der Waals surface area contributed by atoms with Crippen molar-refractivity contribution in [1.29, 1.82) is 0 Å². The first-order valence-electron chi connectivity index (χ1n) is 5.40. The molecule has 1 heterocycles. The van der Waals surface area contributed by atoms with Crippen molar-refractivity contribution in [3.05, 3.63) is 35.4 Å². The Labute approximate surface area is 105 Å². The van der Waals surface area contributed by atoms with Crippen LogP contribution in [-0.4, -0.2) is 22.3 Å². The third kappa shape index (κ3) is 2.61. The summed E-state index contributed by atoms with van der Waals surface area (Å²) in [4.78, 5) is 4.54. The topological polar surface area (TPSA) is 71.0 Å². The third-order valence-corrected chi connectivity index (χ3v) is 3.71. The molecule has 0 spiro atoms. The molecule has 1 aliphatic rings. The molecule has 4 nitrogen and oxygen atoms in total. The lowest BCUT2D eigenvalue weighted by Crippen LogP contribution is -2.28. The van der Waals surface area contributed by atoms with E-state index >= 15 is 0 Å². The Bertz CT molecular complexity index is 473. The van der Waals surface area contributed by atoms with Crippen molar-refractivity contribution in [2.24, 2.45) is 15.9 Å². The van der Waals surface area contributed by atoms with Crippen LogP contribution in [0, 0.1) is 0 Å². The summed E-state index contributed by atoms with van der Waals surface area (Å²) in [6, 6.07) is 7.83. The van der Waals surface area contributed by atoms with Crippen molar-refractivity contribution >= 4 is 23.1 Å². The van der Waals surface area contributed by atoms with Gasteiger partial charge in [-0.25, -0.2) is 0 Å². The molecular weight excluding hydrogens is 234 g/mol. The zero-order valence-electron chi connectivity index (χ0n) is 9.63. The molecule has 0 saturated carbocycles. The first kappa shape index (κ1) is 12.0. The van der Waals surface area contributed by atoms with E-state index in [2.05, 4.69) is 17.1 Å². The molecule has 5 heteroatoms. The Balaban J connectivity index is 2.39. The highest BCUT2D eigenvalue weighted by atomic mass is 32.2. The maximum Gasteiger partial charge on any atom is 0.154 e.